The first-order chi connectivity index (χ1) is 13.8. The van der Waals surface area contributed by atoms with Crippen LogP contribution in [-0.2, 0) is 25.7 Å². The number of benzene rings is 1. The zero-order chi connectivity index (χ0) is 21.6. The number of esters is 1. The maximum Gasteiger partial charge on any atom is 0.412 e. The van der Waals surface area contributed by atoms with Gasteiger partial charge in [-0.3, -0.25) is 9.59 Å². The van der Waals surface area contributed by atoms with Crippen molar-refractivity contribution in [3.8, 4) is 5.75 Å². The molecule has 1 aromatic rings. The van der Waals surface area contributed by atoms with Crippen molar-refractivity contribution < 1.29 is 28.6 Å². The molecule has 29 heavy (non-hydrogen) atoms. The summed E-state index contributed by atoms with van der Waals surface area (Å²) in [6, 6.07) is 3.59. The quantitative estimate of drug-likeness (QED) is 0.351. The van der Waals surface area contributed by atoms with Crippen LogP contribution in [0, 0.1) is 13.8 Å². The second-order valence-corrected chi connectivity index (χ2v) is 6.47. The van der Waals surface area contributed by atoms with Crippen molar-refractivity contribution in [2.24, 2.45) is 0 Å². The Bertz CT molecular complexity index is 670. The van der Waals surface area contributed by atoms with E-state index in [-0.39, 0.29) is 31.4 Å². The van der Waals surface area contributed by atoms with Crippen molar-refractivity contribution in [1.29, 1.82) is 0 Å². The van der Waals surface area contributed by atoms with E-state index in [0.717, 1.165) is 23.2 Å². The van der Waals surface area contributed by atoms with Gasteiger partial charge >= 0.3 is 12.1 Å². The minimum absolute atomic E-state index is 0.144. The number of carbonyl (C=O) groups excluding carboxylic acids is 3. The van der Waals surface area contributed by atoms with E-state index in [1.807, 2.05) is 7.05 Å². The molecule has 0 atom stereocenters. The van der Waals surface area contributed by atoms with E-state index in [2.05, 4.69) is 16.0 Å². The second kappa shape index (κ2) is 13.5. The van der Waals surface area contributed by atoms with E-state index in [9.17, 15) is 14.4 Å². The van der Waals surface area contributed by atoms with E-state index < -0.39 is 6.09 Å². The molecule has 9 heteroatoms. The highest BCUT2D eigenvalue weighted by Gasteiger charge is 2.12. The lowest BCUT2D eigenvalue weighted by Crippen LogP contribution is -2.33. The summed E-state index contributed by atoms with van der Waals surface area (Å²) in [6.07, 6.45) is -0.489. The molecule has 0 bridgehead atoms. The first kappa shape index (κ1) is 24.4. The number of carbonyl (C=O) groups is 3. The lowest BCUT2D eigenvalue weighted by Gasteiger charge is -2.13. The number of hydrogen-bond acceptors (Lipinski definition) is 7. The molecule has 0 aromatic heterocycles. The van der Waals surface area contributed by atoms with Gasteiger partial charge in [0.2, 0.25) is 5.91 Å². The summed E-state index contributed by atoms with van der Waals surface area (Å²) in [7, 11) is 1.84. The second-order valence-electron chi connectivity index (χ2n) is 6.47. The van der Waals surface area contributed by atoms with Gasteiger partial charge in [0.25, 0.3) is 0 Å². The summed E-state index contributed by atoms with van der Waals surface area (Å²) in [5, 5.41) is 8.23. The van der Waals surface area contributed by atoms with E-state index in [0.29, 0.717) is 25.5 Å². The molecule has 9 nitrogen and oxygen atoms in total. The Morgan fingerprint density at radius 2 is 1.62 bits per heavy atom. The third-order valence-electron chi connectivity index (χ3n) is 3.84. The average molecular weight is 409 g/mol. The molecule has 0 saturated heterocycles. The summed E-state index contributed by atoms with van der Waals surface area (Å²) in [5.41, 5.74) is 2.31. The van der Waals surface area contributed by atoms with E-state index >= 15 is 0 Å². The molecular formula is C20H31N3O6. The summed E-state index contributed by atoms with van der Waals surface area (Å²) in [6.45, 7) is 7.49. The van der Waals surface area contributed by atoms with Crippen LogP contribution in [0.5, 0.6) is 5.75 Å². The van der Waals surface area contributed by atoms with Crippen molar-refractivity contribution in [3.63, 3.8) is 0 Å². The van der Waals surface area contributed by atoms with Gasteiger partial charge in [0, 0.05) is 33.0 Å². The Kier molecular flexibility index (Phi) is 11.4. The third kappa shape index (κ3) is 10.5. The highest BCUT2D eigenvalue weighted by Crippen LogP contribution is 2.25. The Labute approximate surface area is 171 Å². The molecule has 0 aliphatic carbocycles. The van der Waals surface area contributed by atoms with Crippen LogP contribution in [0.15, 0.2) is 12.1 Å². The standard InChI is InChI=1S/C20H31N3O6/c1-14-11-17(13-28-16(3)24)12-15(2)19(14)29-20(26)23-6-5-18(25)22-8-10-27-9-7-21-4/h11-12,21H,5-10,13H2,1-4H3,(H,22,25)(H,23,26). The van der Waals surface area contributed by atoms with Gasteiger partial charge in [-0.25, -0.2) is 4.79 Å². The number of hydrogen-bond donors (Lipinski definition) is 3. The van der Waals surface area contributed by atoms with Crippen LogP contribution in [-0.4, -0.2) is 57.9 Å². The van der Waals surface area contributed by atoms with E-state index in [1.165, 1.54) is 6.92 Å². The minimum Gasteiger partial charge on any atom is -0.461 e. The molecule has 1 rings (SSSR count). The molecule has 0 saturated carbocycles. The van der Waals surface area contributed by atoms with Gasteiger partial charge in [-0.05, 0) is 49.7 Å². The maximum atomic E-state index is 12.0. The monoisotopic (exact) mass is 409 g/mol. The molecule has 0 radical (unpaired) electrons. The third-order valence-corrected chi connectivity index (χ3v) is 3.84. The lowest BCUT2D eigenvalue weighted by atomic mass is 10.1. The molecule has 0 spiro atoms. The normalized spacial score (nSPS) is 10.3. The molecule has 0 aliphatic heterocycles. The van der Waals surface area contributed by atoms with Crippen LogP contribution >= 0.6 is 0 Å². The van der Waals surface area contributed by atoms with Gasteiger partial charge in [-0.2, -0.15) is 0 Å². The maximum absolute atomic E-state index is 12.0. The van der Waals surface area contributed by atoms with Gasteiger partial charge in [0.05, 0.1) is 13.2 Å². The topological polar surface area (TPSA) is 115 Å². The first-order valence-electron chi connectivity index (χ1n) is 9.51. The van der Waals surface area contributed by atoms with Crippen LogP contribution < -0.4 is 20.7 Å². The molecule has 0 fully saturated rings. The predicted octanol–water partition coefficient (Wildman–Crippen LogP) is 1.20. The van der Waals surface area contributed by atoms with Gasteiger partial charge < -0.3 is 30.2 Å². The number of rotatable bonds is 12. The largest absolute Gasteiger partial charge is 0.461 e. The number of nitrogens with one attached hydrogen (secondary N) is 3. The fourth-order valence-corrected chi connectivity index (χ4v) is 2.50. The van der Waals surface area contributed by atoms with Gasteiger partial charge in [-0.1, -0.05) is 0 Å². The highest BCUT2D eigenvalue weighted by atomic mass is 16.6. The summed E-state index contributed by atoms with van der Waals surface area (Å²) >= 11 is 0. The SMILES string of the molecule is CNCCOCCNC(=O)CCNC(=O)Oc1c(C)cc(COC(C)=O)cc1C. The van der Waals surface area contributed by atoms with Crippen molar-refractivity contribution in [2.45, 2.75) is 33.8 Å². The Morgan fingerprint density at radius 3 is 2.24 bits per heavy atom. The van der Waals surface area contributed by atoms with E-state index in [4.69, 9.17) is 14.2 Å². The summed E-state index contributed by atoms with van der Waals surface area (Å²) < 4.78 is 15.6. The van der Waals surface area contributed by atoms with Crippen LogP contribution in [0.4, 0.5) is 4.79 Å². The minimum atomic E-state index is -0.632. The summed E-state index contributed by atoms with van der Waals surface area (Å²) in [5.74, 6) is -0.0905. The molecule has 0 unspecified atom stereocenters. The lowest BCUT2D eigenvalue weighted by molar-refractivity contribution is -0.142. The molecule has 2 amide bonds. The van der Waals surface area contributed by atoms with Crippen molar-refractivity contribution in [1.82, 2.24) is 16.0 Å². The Hall–Kier alpha value is -2.65. The van der Waals surface area contributed by atoms with Crippen LogP contribution in [0.3, 0.4) is 0 Å². The van der Waals surface area contributed by atoms with Crippen LogP contribution in [0.1, 0.15) is 30.0 Å². The number of amides is 2. The molecule has 0 heterocycles. The Morgan fingerprint density at radius 1 is 0.966 bits per heavy atom. The molecule has 162 valence electrons. The molecule has 1 aromatic carbocycles. The molecular weight excluding hydrogens is 378 g/mol. The van der Waals surface area contributed by atoms with Gasteiger partial charge in [-0.15, -0.1) is 0 Å². The number of ether oxygens (including phenoxy) is 3. The first-order valence-corrected chi connectivity index (χ1v) is 9.51. The van der Waals surface area contributed by atoms with Crippen molar-refractivity contribution >= 4 is 18.0 Å². The average Bonchev–Trinajstić information content (AvgIpc) is 2.65. The van der Waals surface area contributed by atoms with Crippen molar-refractivity contribution in [2.75, 3.05) is 39.9 Å². The van der Waals surface area contributed by atoms with Crippen molar-refractivity contribution in [3.05, 3.63) is 28.8 Å². The Balaban J connectivity index is 2.34. The number of aryl methyl sites for hydroxylation is 2. The smallest absolute Gasteiger partial charge is 0.412 e. The molecule has 3 N–H and O–H groups in total. The predicted molar refractivity (Wildman–Crippen MR) is 108 cm³/mol. The number of likely N-dealkylation sites (N-methyl/N-ethyl adjacent to an activating group) is 1. The van der Waals surface area contributed by atoms with Crippen LogP contribution in [0.25, 0.3) is 0 Å². The fraction of sp³-hybridized carbons (Fsp3) is 0.550. The van der Waals surface area contributed by atoms with Gasteiger partial charge in [0.1, 0.15) is 12.4 Å². The van der Waals surface area contributed by atoms with Gasteiger partial charge in [0.15, 0.2) is 0 Å². The highest BCUT2D eigenvalue weighted by molar-refractivity contribution is 5.77. The van der Waals surface area contributed by atoms with Crippen LogP contribution in [0.2, 0.25) is 0 Å². The molecule has 0 aliphatic rings. The van der Waals surface area contributed by atoms with E-state index in [1.54, 1.807) is 26.0 Å². The fourth-order valence-electron chi connectivity index (χ4n) is 2.50. The zero-order valence-electron chi connectivity index (χ0n) is 17.6. The zero-order valence-corrected chi connectivity index (χ0v) is 17.6. The summed E-state index contributed by atoms with van der Waals surface area (Å²) in [4.78, 5) is 34.6.